The van der Waals surface area contributed by atoms with Gasteiger partial charge in [-0.1, -0.05) is 12.1 Å². The van der Waals surface area contributed by atoms with Gasteiger partial charge in [-0.25, -0.2) is 4.98 Å². The summed E-state index contributed by atoms with van der Waals surface area (Å²) in [7, 11) is 1.84. The lowest BCUT2D eigenvalue weighted by atomic mass is 10.3. The number of hydrogen-bond acceptors (Lipinski definition) is 4. The van der Waals surface area contributed by atoms with Crippen LogP contribution in [-0.4, -0.2) is 18.6 Å². The topological polar surface area (TPSA) is 43.4 Å². The van der Waals surface area contributed by atoms with Gasteiger partial charge in [0.1, 0.15) is 23.9 Å². The van der Waals surface area contributed by atoms with E-state index in [-0.39, 0.29) is 0 Å². The molecule has 1 N–H and O–H groups in total. The summed E-state index contributed by atoms with van der Waals surface area (Å²) in [5.74, 6) is 2.47. The predicted octanol–water partition coefficient (Wildman–Crippen LogP) is 3.10. The molecule has 19 heavy (non-hydrogen) atoms. The lowest BCUT2D eigenvalue weighted by molar-refractivity contribution is 0.299. The van der Waals surface area contributed by atoms with Crippen LogP contribution in [0.3, 0.4) is 0 Å². The van der Waals surface area contributed by atoms with Gasteiger partial charge in [0.25, 0.3) is 0 Å². The molecule has 0 aliphatic carbocycles. The van der Waals surface area contributed by atoms with Crippen molar-refractivity contribution in [2.45, 2.75) is 13.5 Å². The molecule has 0 saturated carbocycles. The van der Waals surface area contributed by atoms with Crippen LogP contribution < -0.4 is 14.8 Å². The Morgan fingerprint density at radius 1 is 1.11 bits per heavy atom. The van der Waals surface area contributed by atoms with E-state index in [1.165, 1.54) is 0 Å². The largest absolute Gasteiger partial charge is 0.494 e. The van der Waals surface area contributed by atoms with Gasteiger partial charge < -0.3 is 14.8 Å². The minimum Gasteiger partial charge on any atom is -0.494 e. The molecule has 0 unspecified atom stereocenters. The van der Waals surface area contributed by atoms with Crippen LogP contribution in [0.5, 0.6) is 11.5 Å². The van der Waals surface area contributed by atoms with E-state index in [0.717, 1.165) is 22.9 Å². The van der Waals surface area contributed by atoms with Gasteiger partial charge in [-0.05, 0) is 25.1 Å². The summed E-state index contributed by atoms with van der Waals surface area (Å²) < 4.78 is 11.1. The molecule has 1 aromatic carbocycles. The maximum Gasteiger partial charge on any atom is 0.125 e. The van der Waals surface area contributed by atoms with Crippen LogP contribution >= 0.6 is 0 Å². The molecular formula is C15H18N2O2. The van der Waals surface area contributed by atoms with Crippen molar-refractivity contribution >= 4 is 5.82 Å². The Labute approximate surface area is 113 Å². The molecule has 0 aliphatic heterocycles. The SMILES string of the molecule is CCOc1cccc(OCc2ccc(NC)nc2)c1. The number of nitrogens with zero attached hydrogens (tertiary/aromatic N) is 1. The summed E-state index contributed by atoms with van der Waals surface area (Å²) >= 11 is 0. The average molecular weight is 258 g/mol. The Morgan fingerprint density at radius 2 is 1.89 bits per heavy atom. The van der Waals surface area contributed by atoms with Crippen LogP contribution in [0.4, 0.5) is 5.82 Å². The Balaban J connectivity index is 1.95. The quantitative estimate of drug-likeness (QED) is 0.864. The summed E-state index contributed by atoms with van der Waals surface area (Å²) in [6.07, 6.45) is 1.80. The second-order valence-electron chi connectivity index (χ2n) is 4.00. The average Bonchev–Trinajstić information content (AvgIpc) is 2.46. The minimum atomic E-state index is 0.493. The van der Waals surface area contributed by atoms with Gasteiger partial charge in [0, 0.05) is 24.9 Å². The molecule has 100 valence electrons. The number of pyridine rings is 1. The van der Waals surface area contributed by atoms with Crippen LogP contribution in [0.25, 0.3) is 0 Å². The second-order valence-corrected chi connectivity index (χ2v) is 4.00. The zero-order valence-corrected chi connectivity index (χ0v) is 11.2. The third-order valence-electron chi connectivity index (χ3n) is 2.60. The molecular weight excluding hydrogens is 240 g/mol. The molecule has 0 amide bonds. The van der Waals surface area contributed by atoms with Crippen LogP contribution in [0.1, 0.15) is 12.5 Å². The molecule has 0 atom stereocenters. The van der Waals surface area contributed by atoms with Crippen molar-refractivity contribution in [1.29, 1.82) is 0 Å². The summed E-state index contributed by atoms with van der Waals surface area (Å²) in [6, 6.07) is 11.6. The molecule has 0 spiro atoms. The van der Waals surface area contributed by atoms with Crippen molar-refractivity contribution < 1.29 is 9.47 Å². The van der Waals surface area contributed by atoms with Crippen molar-refractivity contribution in [2.75, 3.05) is 19.0 Å². The van der Waals surface area contributed by atoms with Crippen LogP contribution in [0, 0.1) is 0 Å². The van der Waals surface area contributed by atoms with E-state index in [4.69, 9.17) is 9.47 Å². The van der Waals surface area contributed by atoms with Gasteiger partial charge in [0.05, 0.1) is 6.61 Å². The first-order chi connectivity index (χ1) is 9.31. The Bertz CT molecular complexity index is 512. The van der Waals surface area contributed by atoms with E-state index in [1.54, 1.807) is 6.20 Å². The first-order valence-corrected chi connectivity index (χ1v) is 6.30. The lowest BCUT2D eigenvalue weighted by Gasteiger charge is -2.08. The fourth-order valence-corrected chi connectivity index (χ4v) is 1.64. The maximum atomic E-state index is 5.71. The van der Waals surface area contributed by atoms with E-state index >= 15 is 0 Å². The third-order valence-corrected chi connectivity index (χ3v) is 2.60. The predicted molar refractivity (Wildman–Crippen MR) is 75.7 cm³/mol. The lowest BCUT2D eigenvalue weighted by Crippen LogP contribution is -1.98. The smallest absolute Gasteiger partial charge is 0.125 e. The molecule has 0 saturated heterocycles. The Morgan fingerprint density at radius 3 is 2.53 bits per heavy atom. The second kappa shape index (κ2) is 6.64. The molecule has 4 heteroatoms. The highest BCUT2D eigenvalue weighted by Gasteiger charge is 1.99. The highest BCUT2D eigenvalue weighted by atomic mass is 16.5. The fourth-order valence-electron chi connectivity index (χ4n) is 1.64. The fraction of sp³-hybridized carbons (Fsp3) is 0.267. The number of anilines is 1. The molecule has 1 aromatic heterocycles. The van der Waals surface area contributed by atoms with Gasteiger partial charge in [0.15, 0.2) is 0 Å². The first-order valence-electron chi connectivity index (χ1n) is 6.30. The normalized spacial score (nSPS) is 10.0. The molecule has 0 aliphatic rings. The molecule has 2 rings (SSSR count). The summed E-state index contributed by atoms with van der Waals surface area (Å²) in [6.45, 7) is 3.11. The number of rotatable bonds is 6. The summed E-state index contributed by atoms with van der Waals surface area (Å²) in [4.78, 5) is 4.24. The molecule has 0 fully saturated rings. The Kier molecular flexibility index (Phi) is 4.61. The number of aromatic nitrogens is 1. The molecule has 2 aromatic rings. The van der Waals surface area contributed by atoms with E-state index in [9.17, 15) is 0 Å². The van der Waals surface area contributed by atoms with Crippen molar-refractivity contribution in [2.24, 2.45) is 0 Å². The molecule has 0 bridgehead atoms. The van der Waals surface area contributed by atoms with Gasteiger partial charge in [-0.15, -0.1) is 0 Å². The van der Waals surface area contributed by atoms with Crippen molar-refractivity contribution in [1.82, 2.24) is 4.98 Å². The standard InChI is InChI=1S/C15H18N2O2/c1-3-18-13-5-4-6-14(9-13)19-11-12-7-8-15(16-2)17-10-12/h4-10H,3,11H2,1-2H3,(H,16,17). The van der Waals surface area contributed by atoms with Gasteiger partial charge >= 0.3 is 0 Å². The molecule has 0 radical (unpaired) electrons. The highest BCUT2D eigenvalue weighted by molar-refractivity contribution is 5.35. The number of ether oxygens (including phenoxy) is 2. The Hall–Kier alpha value is -2.23. The summed E-state index contributed by atoms with van der Waals surface area (Å²) in [5, 5.41) is 2.98. The van der Waals surface area contributed by atoms with E-state index in [2.05, 4.69) is 10.3 Å². The van der Waals surface area contributed by atoms with Crippen molar-refractivity contribution in [3.63, 3.8) is 0 Å². The van der Waals surface area contributed by atoms with Crippen LogP contribution in [0.2, 0.25) is 0 Å². The van der Waals surface area contributed by atoms with E-state index < -0.39 is 0 Å². The zero-order valence-electron chi connectivity index (χ0n) is 11.2. The monoisotopic (exact) mass is 258 g/mol. The van der Waals surface area contributed by atoms with E-state index in [1.807, 2.05) is 50.4 Å². The van der Waals surface area contributed by atoms with Gasteiger partial charge in [0.2, 0.25) is 0 Å². The highest BCUT2D eigenvalue weighted by Crippen LogP contribution is 2.20. The van der Waals surface area contributed by atoms with Crippen molar-refractivity contribution in [3.05, 3.63) is 48.2 Å². The third kappa shape index (κ3) is 3.88. The van der Waals surface area contributed by atoms with E-state index in [0.29, 0.717) is 13.2 Å². The first kappa shape index (κ1) is 13.2. The van der Waals surface area contributed by atoms with Gasteiger partial charge in [-0.2, -0.15) is 0 Å². The molecule has 1 heterocycles. The van der Waals surface area contributed by atoms with Crippen molar-refractivity contribution in [3.8, 4) is 11.5 Å². The number of benzene rings is 1. The number of nitrogens with one attached hydrogen (secondary N) is 1. The molecule has 4 nitrogen and oxygen atoms in total. The van der Waals surface area contributed by atoms with Crippen LogP contribution in [0.15, 0.2) is 42.6 Å². The maximum absolute atomic E-state index is 5.71. The summed E-state index contributed by atoms with van der Waals surface area (Å²) in [5.41, 5.74) is 1.03. The van der Waals surface area contributed by atoms with Gasteiger partial charge in [-0.3, -0.25) is 0 Å². The number of hydrogen-bond donors (Lipinski definition) is 1. The van der Waals surface area contributed by atoms with Crippen LogP contribution in [-0.2, 0) is 6.61 Å². The zero-order chi connectivity index (χ0) is 13.5. The minimum absolute atomic E-state index is 0.493.